The molecule has 0 saturated heterocycles. The first-order chi connectivity index (χ1) is 18.3. The minimum Gasteiger partial charge on any atom is -0.510 e. The number of nitrogens with zero attached hydrogens (tertiary/aromatic N) is 3. The number of aromatic hydroxyl groups is 1. The molecule has 1 heterocycles. The molecule has 0 bridgehead atoms. The van der Waals surface area contributed by atoms with Gasteiger partial charge in [-0.15, -0.1) is 0 Å². The Balaban J connectivity index is 1.74. The Labute approximate surface area is 226 Å². The fourth-order valence-corrected chi connectivity index (χ4v) is 7.36. The number of hydrogen-bond donors (Lipinski definition) is 5. The summed E-state index contributed by atoms with van der Waals surface area (Å²) in [5.74, 6) is -6.43. The quantitative estimate of drug-likeness (QED) is 0.347. The lowest BCUT2D eigenvalue weighted by Gasteiger charge is -2.50. The highest BCUT2D eigenvalue weighted by atomic mass is 16.3. The number of amides is 1. The number of carbonyl (C=O) groups excluding carboxylic acids is 3. The zero-order valence-electron chi connectivity index (χ0n) is 22.9. The smallest absolute Gasteiger partial charge is 0.255 e. The number of hydrogen-bond acceptors (Lipinski definition) is 10. The summed E-state index contributed by atoms with van der Waals surface area (Å²) in [5, 5.41) is 45.3. The highest BCUT2D eigenvalue weighted by Gasteiger charge is 2.63. The number of likely N-dealkylation sites (N-methyl/N-ethyl adjacent to an activating group) is 1. The monoisotopic (exact) mass is 540 g/mol. The largest absolute Gasteiger partial charge is 0.510 e. The van der Waals surface area contributed by atoms with Crippen molar-refractivity contribution >= 4 is 23.2 Å². The Morgan fingerprint density at radius 1 is 1.15 bits per heavy atom. The lowest BCUT2D eigenvalue weighted by atomic mass is 9.58. The van der Waals surface area contributed by atoms with E-state index in [1.54, 1.807) is 25.1 Å². The average Bonchev–Trinajstić information content (AvgIpc) is 2.84. The van der Waals surface area contributed by atoms with Crippen LogP contribution in [0.2, 0.25) is 0 Å². The summed E-state index contributed by atoms with van der Waals surface area (Å²) in [6.07, 6.45) is 1.20. The average molecular weight is 541 g/mol. The predicted molar refractivity (Wildman–Crippen MR) is 143 cm³/mol. The number of phenolic OH excluding ortho intramolecular Hbond substituents is 1. The number of ketones is 2. The fraction of sp³-hybridized carbons (Fsp3) is 0.536. The molecular formula is C28H36N4O7. The van der Waals surface area contributed by atoms with Crippen LogP contribution in [0.3, 0.4) is 0 Å². The second-order valence-electron chi connectivity index (χ2n) is 11.5. The van der Waals surface area contributed by atoms with Crippen LogP contribution < -0.4 is 10.6 Å². The number of rotatable bonds is 4. The molecule has 6 N–H and O–H groups in total. The van der Waals surface area contributed by atoms with E-state index in [1.807, 2.05) is 21.0 Å². The minimum absolute atomic E-state index is 0.0410. The number of Topliss-reactive ketones (excluding diaryl/α,β-unsaturated/α-hetero) is 2. The van der Waals surface area contributed by atoms with E-state index in [2.05, 4.69) is 9.80 Å². The highest BCUT2D eigenvalue weighted by Crippen LogP contribution is 2.54. The predicted octanol–water partition coefficient (Wildman–Crippen LogP) is 0.953. The maximum absolute atomic E-state index is 14.0. The Morgan fingerprint density at radius 2 is 1.82 bits per heavy atom. The van der Waals surface area contributed by atoms with Crippen LogP contribution in [0.1, 0.15) is 47.3 Å². The van der Waals surface area contributed by atoms with E-state index in [0.29, 0.717) is 12.1 Å². The van der Waals surface area contributed by atoms with Crippen LogP contribution >= 0.6 is 0 Å². The molecule has 1 amide bonds. The van der Waals surface area contributed by atoms with Crippen molar-refractivity contribution in [1.82, 2.24) is 9.80 Å². The standard InChI is InChI=1S/C28H36N4O7/c1-6-32-8-7-16(30(2)3)13-11-17(33)19-14(21(13)32)9-12-10-15-22(31(4)5)24(35)20(27(29)38)26(37)28(15,39)25(36)18(12)23(19)34/h11-12,15-16,22,33,35-36,39H,6-10H2,1-5H3,(H2,29,38)/t12-,15-,16?,22+,28+/m1/s1. The molecule has 11 nitrogen and oxygen atoms in total. The first-order valence-electron chi connectivity index (χ1n) is 13.2. The van der Waals surface area contributed by atoms with Gasteiger partial charge in [0, 0.05) is 36.3 Å². The van der Waals surface area contributed by atoms with Gasteiger partial charge < -0.3 is 36.0 Å². The van der Waals surface area contributed by atoms with E-state index < -0.39 is 58.0 Å². The second kappa shape index (κ2) is 9.07. The summed E-state index contributed by atoms with van der Waals surface area (Å²) >= 11 is 0. The SMILES string of the molecule is CCN1CCC(N(C)C)c2cc(O)c3c(c21)C[C@@H]1C[C@@H]2[C@H](N(C)C)C(O)=C(C(N)=O)C(=O)[C@@]2(O)C(O)=C1C3=O. The van der Waals surface area contributed by atoms with Crippen molar-refractivity contribution in [3.63, 3.8) is 0 Å². The third-order valence-corrected chi connectivity index (χ3v) is 9.08. The Bertz CT molecular complexity index is 1360. The molecule has 4 aliphatic rings. The molecule has 1 aliphatic heterocycles. The Hall–Kier alpha value is -3.41. The number of carbonyl (C=O) groups is 3. The Kier molecular flexibility index (Phi) is 6.32. The summed E-state index contributed by atoms with van der Waals surface area (Å²) in [5.41, 5.74) is 4.34. The number of phenols is 1. The van der Waals surface area contributed by atoms with Crippen LogP contribution in [-0.2, 0) is 16.0 Å². The molecule has 0 aromatic heterocycles. The molecule has 1 aromatic rings. The minimum atomic E-state index is -2.64. The van der Waals surface area contributed by atoms with Crippen molar-refractivity contribution < 1.29 is 34.8 Å². The van der Waals surface area contributed by atoms with Crippen molar-refractivity contribution in [1.29, 1.82) is 0 Å². The molecule has 210 valence electrons. The lowest BCUT2D eigenvalue weighted by molar-refractivity contribution is -0.148. The molecule has 0 fully saturated rings. The van der Waals surface area contributed by atoms with Gasteiger partial charge in [0.1, 0.15) is 22.8 Å². The van der Waals surface area contributed by atoms with E-state index in [4.69, 9.17) is 5.73 Å². The molecule has 5 rings (SSSR count). The van der Waals surface area contributed by atoms with E-state index in [-0.39, 0.29) is 35.8 Å². The maximum atomic E-state index is 14.0. The van der Waals surface area contributed by atoms with Crippen molar-refractivity contribution in [2.45, 2.75) is 43.9 Å². The van der Waals surface area contributed by atoms with Gasteiger partial charge in [0.2, 0.25) is 5.78 Å². The van der Waals surface area contributed by atoms with Crippen molar-refractivity contribution in [3.05, 3.63) is 45.4 Å². The van der Waals surface area contributed by atoms with Crippen molar-refractivity contribution in [2.24, 2.45) is 17.6 Å². The number of fused-ring (bicyclic) bond motifs is 5. The summed E-state index contributed by atoms with van der Waals surface area (Å²) in [4.78, 5) is 45.4. The van der Waals surface area contributed by atoms with Crippen LogP contribution in [0.15, 0.2) is 28.7 Å². The summed E-state index contributed by atoms with van der Waals surface area (Å²) in [6.45, 7) is 3.50. The fourth-order valence-electron chi connectivity index (χ4n) is 7.36. The molecule has 3 aliphatic carbocycles. The van der Waals surface area contributed by atoms with Gasteiger partial charge in [0.25, 0.3) is 5.91 Å². The molecule has 0 saturated carbocycles. The van der Waals surface area contributed by atoms with Gasteiger partial charge in [-0.2, -0.15) is 0 Å². The number of nitrogens with two attached hydrogens (primary N) is 1. The molecule has 1 aromatic carbocycles. The van der Waals surface area contributed by atoms with Gasteiger partial charge in [0.15, 0.2) is 11.4 Å². The summed E-state index contributed by atoms with van der Waals surface area (Å²) in [7, 11) is 7.17. The zero-order valence-corrected chi connectivity index (χ0v) is 22.9. The topological polar surface area (TPSA) is 168 Å². The van der Waals surface area contributed by atoms with Gasteiger partial charge >= 0.3 is 0 Å². The van der Waals surface area contributed by atoms with E-state index >= 15 is 0 Å². The highest BCUT2D eigenvalue weighted by molar-refractivity contribution is 6.24. The van der Waals surface area contributed by atoms with Crippen LogP contribution in [-0.4, -0.2) is 101 Å². The van der Waals surface area contributed by atoms with Crippen LogP contribution in [0.25, 0.3) is 0 Å². The van der Waals surface area contributed by atoms with Gasteiger partial charge in [-0.1, -0.05) is 0 Å². The molecule has 0 radical (unpaired) electrons. The van der Waals surface area contributed by atoms with E-state index in [0.717, 1.165) is 24.2 Å². The van der Waals surface area contributed by atoms with E-state index in [9.17, 15) is 34.8 Å². The number of anilines is 1. The third kappa shape index (κ3) is 3.56. The van der Waals surface area contributed by atoms with Gasteiger partial charge in [-0.3, -0.25) is 19.3 Å². The first-order valence-corrected chi connectivity index (χ1v) is 13.2. The molecular weight excluding hydrogens is 504 g/mol. The lowest BCUT2D eigenvalue weighted by Crippen LogP contribution is -2.63. The molecule has 5 atom stereocenters. The van der Waals surface area contributed by atoms with Crippen LogP contribution in [0, 0.1) is 11.8 Å². The molecule has 11 heteroatoms. The van der Waals surface area contributed by atoms with Crippen LogP contribution in [0.4, 0.5) is 5.69 Å². The molecule has 1 unspecified atom stereocenters. The zero-order chi connectivity index (χ0) is 28.7. The number of aliphatic hydroxyl groups excluding tert-OH is 2. The normalized spacial score (nSPS) is 30.4. The number of allylic oxidation sites excluding steroid dienone is 1. The summed E-state index contributed by atoms with van der Waals surface area (Å²) < 4.78 is 0. The summed E-state index contributed by atoms with van der Waals surface area (Å²) in [6, 6.07) is 0.634. The Morgan fingerprint density at radius 3 is 2.38 bits per heavy atom. The first kappa shape index (κ1) is 27.2. The van der Waals surface area contributed by atoms with Gasteiger partial charge in [0.05, 0.1) is 11.6 Å². The second-order valence-corrected chi connectivity index (χ2v) is 11.5. The number of aliphatic hydroxyl groups is 3. The van der Waals surface area contributed by atoms with Crippen molar-refractivity contribution in [3.8, 4) is 5.75 Å². The molecule has 39 heavy (non-hydrogen) atoms. The maximum Gasteiger partial charge on any atom is 0.255 e. The number of primary amides is 1. The van der Waals surface area contributed by atoms with E-state index in [1.165, 1.54) is 0 Å². The third-order valence-electron chi connectivity index (χ3n) is 9.08. The van der Waals surface area contributed by atoms with Crippen LogP contribution in [0.5, 0.6) is 5.75 Å². The molecule has 0 spiro atoms. The van der Waals surface area contributed by atoms with Crippen molar-refractivity contribution in [2.75, 3.05) is 46.2 Å². The van der Waals surface area contributed by atoms with Gasteiger partial charge in [-0.25, -0.2) is 0 Å². The van der Waals surface area contributed by atoms with Gasteiger partial charge in [-0.05, 0) is 77.5 Å². The number of benzene rings is 1.